The summed E-state index contributed by atoms with van der Waals surface area (Å²) >= 11 is 2.98. The first kappa shape index (κ1) is 25.8. The van der Waals surface area contributed by atoms with Crippen molar-refractivity contribution in [3.05, 3.63) is 86.5 Å². The van der Waals surface area contributed by atoms with Gasteiger partial charge in [0.1, 0.15) is 17.3 Å². The zero-order valence-electron chi connectivity index (χ0n) is 18.1. The minimum absolute atomic E-state index is 0.244. The van der Waals surface area contributed by atoms with Crippen LogP contribution in [0.3, 0.4) is 0 Å². The summed E-state index contributed by atoms with van der Waals surface area (Å²) in [7, 11) is 2.01. The SMILES string of the molecule is COC(=O)C1=C(C(=O)OC)N(c2cc(C(F)(F)F)c(F)cc2Br)C(N)=C(C#N)C1c1ccccc1. The normalized spacial score (nSPS) is 16.2. The largest absolute Gasteiger partial charge is 0.466 e. The Morgan fingerprint density at radius 1 is 1.11 bits per heavy atom. The van der Waals surface area contributed by atoms with Crippen LogP contribution in [0, 0.1) is 17.1 Å². The molecule has 3 rings (SSSR count). The van der Waals surface area contributed by atoms with Crippen molar-refractivity contribution in [1.29, 1.82) is 5.26 Å². The Labute approximate surface area is 205 Å². The highest BCUT2D eigenvalue weighted by Gasteiger charge is 2.44. The number of benzene rings is 2. The molecule has 0 saturated heterocycles. The smallest absolute Gasteiger partial charge is 0.419 e. The second kappa shape index (κ2) is 9.79. The summed E-state index contributed by atoms with van der Waals surface area (Å²) in [5, 5.41) is 9.95. The van der Waals surface area contributed by atoms with Crippen LogP contribution in [-0.2, 0) is 25.2 Å². The number of hydrogen-bond acceptors (Lipinski definition) is 7. The Kier molecular flexibility index (Phi) is 7.21. The summed E-state index contributed by atoms with van der Waals surface area (Å²) in [6, 6.07) is 10.9. The van der Waals surface area contributed by atoms with Gasteiger partial charge >= 0.3 is 18.1 Å². The molecule has 182 valence electrons. The predicted octanol–water partition coefficient (Wildman–Crippen LogP) is 4.50. The fourth-order valence-electron chi connectivity index (χ4n) is 3.69. The van der Waals surface area contributed by atoms with Crippen LogP contribution in [0.15, 0.2) is 69.6 Å². The molecular formula is C23H16BrF4N3O4. The van der Waals surface area contributed by atoms with Crippen molar-refractivity contribution in [2.75, 3.05) is 19.1 Å². The van der Waals surface area contributed by atoms with Crippen LogP contribution in [0.4, 0.5) is 23.2 Å². The number of carbonyl (C=O) groups excluding carboxylic acids is 2. The van der Waals surface area contributed by atoms with E-state index in [-0.39, 0.29) is 10.0 Å². The number of esters is 2. The fraction of sp³-hybridized carbons (Fsp3) is 0.174. The number of halogens is 5. The molecule has 0 spiro atoms. The van der Waals surface area contributed by atoms with E-state index in [1.54, 1.807) is 30.3 Å². The number of methoxy groups -OCH3 is 2. The Morgan fingerprint density at radius 3 is 2.23 bits per heavy atom. The van der Waals surface area contributed by atoms with Gasteiger partial charge in [0.15, 0.2) is 0 Å². The number of rotatable bonds is 4. The van der Waals surface area contributed by atoms with Gasteiger partial charge in [-0.25, -0.2) is 14.0 Å². The van der Waals surface area contributed by atoms with Gasteiger partial charge in [-0.3, -0.25) is 4.90 Å². The standard InChI is InChI=1S/C23H16BrF4N3O4/c1-34-21(32)18-17(11-6-4-3-5-7-11)12(10-29)20(30)31(19(18)22(33)35-2)16-8-13(23(26,27)28)15(25)9-14(16)24/h3-9,17H,30H2,1-2H3. The molecule has 0 aliphatic carbocycles. The third kappa shape index (κ3) is 4.59. The Morgan fingerprint density at radius 2 is 1.71 bits per heavy atom. The lowest BCUT2D eigenvalue weighted by molar-refractivity contribution is -0.140. The van der Waals surface area contributed by atoms with E-state index in [0.29, 0.717) is 17.7 Å². The number of anilines is 1. The Balaban J connectivity index is 2.48. The van der Waals surface area contributed by atoms with E-state index in [9.17, 15) is 32.4 Å². The van der Waals surface area contributed by atoms with Crippen molar-refractivity contribution in [2.24, 2.45) is 5.73 Å². The van der Waals surface area contributed by atoms with Crippen LogP contribution in [0.1, 0.15) is 17.0 Å². The zero-order chi connectivity index (χ0) is 26.1. The average Bonchev–Trinajstić information content (AvgIpc) is 2.82. The van der Waals surface area contributed by atoms with Crippen LogP contribution in [0.2, 0.25) is 0 Å². The van der Waals surface area contributed by atoms with Crippen LogP contribution in [0.5, 0.6) is 0 Å². The zero-order valence-corrected chi connectivity index (χ0v) is 19.7. The lowest BCUT2D eigenvalue weighted by atomic mass is 9.81. The third-order valence-electron chi connectivity index (χ3n) is 5.19. The summed E-state index contributed by atoms with van der Waals surface area (Å²) < 4.78 is 64.0. The number of alkyl halides is 3. The maximum atomic E-state index is 14.2. The van der Waals surface area contributed by atoms with Crippen LogP contribution >= 0.6 is 15.9 Å². The van der Waals surface area contributed by atoms with Gasteiger partial charge in [0.2, 0.25) is 0 Å². The van der Waals surface area contributed by atoms with Crippen LogP contribution in [-0.4, -0.2) is 26.2 Å². The third-order valence-corrected chi connectivity index (χ3v) is 5.83. The average molecular weight is 554 g/mol. The molecule has 35 heavy (non-hydrogen) atoms. The first-order chi connectivity index (χ1) is 16.5. The molecule has 0 aromatic heterocycles. The second-order valence-electron chi connectivity index (χ2n) is 7.12. The van der Waals surface area contributed by atoms with E-state index in [2.05, 4.69) is 15.9 Å². The van der Waals surface area contributed by atoms with Crippen LogP contribution < -0.4 is 10.6 Å². The number of hydrogen-bond donors (Lipinski definition) is 1. The lowest BCUT2D eigenvalue weighted by Gasteiger charge is -2.36. The summed E-state index contributed by atoms with van der Waals surface area (Å²) in [6.07, 6.45) is -5.10. The van der Waals surface area contributed by atoms with Crippen molar-refractivity contribution in [3.63, 3.8) is 0 Å². The molecule has 1 aliphatic rings. The van der Waals surface area contributed by atoms with Gasteiger partial charge in [0, 0.05) is 4.47 Å². The van der Waals surface area contributed by atoms with E-state index < -0.39 is 58.2 Å². The number of nitriles is 1. The molecule has 7 nitrogen and oxygen atoms in total. The molecule has 2 aromatic carbocycles. The van der Waals surface area contributed by atoms with E-state index in [1.807, 2.05) is 6.07 Å². The fourth-order valence-corrected chi connectivity index (χ4v) is 4.18. The minimum Gasteiger partial charge on any atom is -0.466 e. The molecule has 1 aliphatic heterocycles. The molecule has 0 bridgehead atoms. The van der Waals surface area contributed by atoms with Gasteiger partial charge in [0.05, 0.1) is 48.6 Å². The molecule has 0 radical (unpaired) electrons. The predicted molar refractivity (Wildman–Crippen MR) is 119 cm³/mol. The first-order valence-electron chi connectivity index (χ1n) is 9.69. The van der Waals surface area contributed by atoms with E-state index in [1.165, 1.54) is 0 Å². The topological polar surface area (TPSA) is 106 Å². The van der Waals surface area contributed by atoms with E-state index in [0.717, 1.165) is 19.1 Å². The molecule has 0 saturated carbocycles. The van der Waals surface area contributed by atoms with Gasteiger partial charge in [-0.1, -0.05) is 30.3 Å². The van der Waals surface area contributed by atoms with Crippen molar-refractivity contribution in [3.8, 4) is 6.07 Å². The van der Waals surface area contributed by atoms with Gasteiger partial charge in [-0.15, -0.1) is 0 Å². The molecule has 1 heterocycles. The summed E-state index contributed by atoms with van der Waals surface area (Å²) in [5.74, 6) is -5.47. The van der Waals surface area contributed by atoms with Crippen LogP contribution in [0.25, 0.3) is 0 Å². The monoisotopic (exact) mass is 553 g/mol. The molecule has 0 amide bonds. The summed E-state index contributed by atoms with van der Waals surface area (Å²) in [4.78, 5) is 26.7. The second-order valence-corrected chi connectivity index (χ2v) is 7.97. The molecular weight excluding hydrogens is 538 g/mol. The van der Waals surface area contributed by atoms with E-state index >= 15 is 0 Å². The number of carbonyl (C=O) groups is 2. The minimum atomic E-state index is -5.10. The van der Waals surface area contributed by atoms with Gasteiger partial charge in [0.25, 0.3) is 0 Å². The molecule has 0 fully saturated rings. The first-order valence-corrected chi connectivity index (χ1v) is 10.5. The summed E-state index contributed by atoms with van der Waals surface area (Å²) in [6.45, 7) is 0. The van der Waals surface area contributed by atoms with E-state index in [4.69, 9.17) is 15.2 Å². The number of ether oxygens (including phenoxy) is 2. The molecule has 1 atom stereocenters. The molecule has 2 N–H and O–H groups in total. The summed E-state index contributed by atoms with van der Waals surface area (Å²) in [5.41, 5.74) is 3.25. The van der Waals surface area contributed by atoms with Crippen molar-refractivity contribution >= 4 is 33.6 Å². The highest BCUT2D eigenvalue weighted by Crippen LogP contribution is 2.46. The van der Waals surface area contributed by atoms with Crippen molar-refractivity contribution in [2.45, 2.75) is 12.1 Å². The molecule has 1 unspecified atom stereocenters. The lowest BCUT2D eigenvalue weighted by Crippen LogP contribution is -2.41. The maximum absolute atomic E-state index is 14.2. The highest BCUT2D eigenvalue weighted by molar-refractivity contribution is 9.10. The Hall–Kier alpha value is -3.85. The quantitative estimate of drug-likeness (QED) is 0.438. The number of nitrogens with zero attached hydrogens (tertiary/aromatic N) is 2. The van der Waals surface area contributed by atoms with Crippen molar-refractivity contribution in [1.82, 2.24) is 0 Å². The van der Waals surface area contributed by atoms with Gasteiger partial charge in [-0.2, -0.15) is 18.4 Å². The molecule has 2 aromatic rings. The maximum Gasteiger partial charge on any atom is 0.419 e. The Bertz CT molecular complexity index is 1300. The van der Waals surface area contributed by atoms with Gasteiger partial charge in [-0.05, 0) is 33.6 Å². The van der Waals surface area contributed by atoms with Crippen molar-refractivity contribution < 1.29 is 36.6 Å². The number of allylic oxidation sites excluding steroid dienone is 1. The number of nitrogens with two attached hydrogens (primary N) is 1. The van der Waals surface area contributed by atoms with Gasteiger partial charge < -0.3 is 15.2 Å². The highest BCUT2D eigenvalue weighted by atomic mass is 79.9. The molecule has 12 heteroatoms.